The molecule has 0 unspecified atom stereocenters. The third kappa shape index (κ3) is 3.19. The highest BCUT2D eigenvalue weighted by molar-refractivity contribution is 9.10. The molecule has 0 radical (unpaired) electrons. The number of halogens is 4. The van der Waals surface area contributed by atoms with Gasteiger partial charge in [0.15, 0.2) is 0 Å². The highest BCUT2D eigenvalue weighted by Gasteiger charge is 2.15. The minimum Gasteiger partial charge on any atom is -0.487 e. The predicted molar refractivity (Wildman–Crippen MR) is 78.5 cm³/mol. The quantitative estimate of drug-likeness (QED) is 0.752. The Balaban J connectivity index is 2.28. The molecule has 0 aliphatic heterocycles. The lowest BCUT2D eigenvalue weighted by Gasteiger charge is -2.13. The molecule has 6 heteroatoms. The largest absolute Gasteiger partial charge is 0.487 e. The lowest BCUT2D eigenvalue weighted by atomic mass is 10.2. The van der Waals surface area contributed by atoms with Gasteiger partial charge in [0.05, 0.1) is 21.1 Å². The van der Waals surface area contributed by atoms with E-state index in [0.717, 1.165) is 0 Å². The number of rotatable bonds is 4. The Morgan fingerprint density at radius 1 is 1.05 bits per heavy atom. The Bertz CT molecular complexity index is 633. The zero-order valence-electron chi connectivity index (χ0n) is 10.2. The summed E-state index contributed by atoms with van der Waals surface area (Å²) in [4.78, 5) is 0. The van der Waals surface area contributed by atoms with Crippen LogP contribution in [0.4, 0.5) is 8.78 Å². The predicted octanol–water partition coefficient (Wildman–Crippen LogP) is 4.56. The highest BCUT2D eigenvalue weighted by atomic mass is 79.9. The van der Waals surface area contributed by atoms with Gasteiger partial charge in [-0.05, 0) is 50.1 Å². The van der Waals surface area contributed by atoms with Gasteiger partial charge in [0, 0.05) is 5.56 Å². The first-order valence-corrected chi connectivity index (χ1v) is 7.26. The van der Waals surface area contributed by atoms with Gasteiger partial charge in [0.1, 0.15) is 24.0 Å². The second kappa shape index (κ2) is 6.65. The van der Waals surface area contributed by atoms with E-state index in [1.807, 2.05) is 0 Å². The van der Waals surface area contributed by atoms with Crippen LogP contribution in [0, 0.1) is 11.6 Å². The van der Waals surface area contributed by atoms with E-state index in [0.29, 0.717) is 15.8 Å². The van der Waals surface area contributed by atoms with Crippen LogP contribution < -0.4 is 4.74 Å². The number of hydrogen-bond acceptors (Lipinski definition) is 2. The molecule has 0 saturated carbocycles. The van der Waals surface area contributed by atoms with Gasteiger partial charge in [-0.25, -0.2) is 8.78 Å². The van der Waals surface area contributed by atoms with Gasteiger partial charge in [-0.1, -0.05) is 12.1 Å². The molecular formula is C14H10Br2F2O2. The molecule has 2 aromatic rings. The van der Waals surface area contributed by atoms with Crippen LogP contribution >= 0.6 is 31.9 Å². The standard InChI is InChI=1S/C14H10Br2F2O2/c15-10-4-5-12(17)9(13(10)18)7-20-14-8(6-19)2-1-3-11(14)16/h1-5,19H,6-7H2. The van der Waals surface area contributed by atoms with Gasteiger partial charge in [0.2, 0.25) is 0 Å². The highest BCUT2D eigenvalue weighted by Crippen LogP contribution is 2.31. The van der Waals surface area contributed by atoms with Crippen LogP contribution in [0.5, 0.6) is 5.75 Å². The topological polar surface area (TPSA) is 29.5 Å². The summed E-state index contributed by atoms with van der Waals surface area (Å²) < 4.78 is 33.7. The summed E-state index contributed by atoms with van der Waals surface area (Å²) in [6, 6.07) is 7.60. The molecule has 0 fully saturated rings. The molecule has 0 aromatic heterocycles. The monoisotopic (exact) mass is 406 g/mol. The molecule has 0 heterocycles. The number of hydrogen-bond donors (Lipinski definition) is 1. The van der Waals surface area contributed by atoms with Crippen molar-refractivity contribution in [2.45, 2.75) is 13.2 Å². The minimum atomic E-state index is -0.692. The third-order valence-electron chi connectivity index (χ3n) is 2.72. The minimum absolute atomic E-state index is 0.168. The van der Waals surface area contributed by atoms with Crippen LogP contribution in [0.2, 0.25) is 0 Å². The normalized spacial score (nSPS) is 10.7. The second-order valence-corrected chi connectivity index (χ2v) is 5.71. The van der Waals surface area contributed by atoms with Gasteiger partial charge in [0.25, 0.3) is 0 Å². The van der Waals surface area contributed by atoms with Gasteiger partial charge in [-0.3, -0.25) is 0 Å². The third-order valence-corrected chi connectivity index (χ3v) is 3.96. The number of benzene rings is 2. The molecule has 0 amide bonds. The zero-order chi connectivity index (χ0) is 14.7. The summed E-state index contributed by atoms with van der Waals surface area (Å²) in [7, 11) is 0. The summed E-state index contributed by atoms with van der Waals surface area (Å²) in [5.74, 6) is -1.00. The van der Waals surface area contributed by atoms with Gasteiger partial charge in [-0.15, -0.1) is 0 Å². The Hall–Kier alpha value is -0.980. The Morgan fingerprint density at radius 3 is 2.50 bits per heavy atom. The van der Waals surface area contributed by atoms with Crippen molar-refractivity contribution in [1.82, 2.24) is 0 Å². The van der Waals surface area contributed by atoms with Crippen LogP contribution in [-0.4, -0.2) is 5.11 Å². The van der Waals surface area contributed by atoms with Crippen molar-refractivity contribution in [2.75, 3.05) is 0 Å². The summed E-state index contributed by atoms with van der Waals surface area (Å²) >= 11 is 6.28. The molecule has 1 N–H and O–H groups in total. The van der Waals surface area contributed by atoms with E-state index in [1.165, 1.54) is 12.1 Å². The maximum absolute atomic E-state index is 13.8. The molecule has 2 rings (SSSR count). The molecule has 0 aliphatic rings. The van der Waals surface area contributed by atoms with Crippen molar-refractivity contribution >= 4 is 31.9 Å². The molecule has 2 aromatic carbocycles. The average molecular weight is 408 g/mol. The molecule has 0 saturated heterocycles. The van der Waals surface area contributed by atoms with E-state index in [9.17, 15) is 13.9 Å². The number of aliphatic hydroxyl groups is 1. The Kier molecular flexibility index (Phi) is 5.12. The second-order valence-electron chi connectivity index (χ2n) is 4.00. The fourth-order valence-electron chi connectivity index (χ4n) is 1.69. The van der Waals surface area contributed by atoms with Gasteiger partial charge >= 0.3 is 0 Å². The Labute approximate surface area is 131 Å². The van der Waals surface area contributed by atoms with E-state index in [-0.39, 0.29) is 23.2 Å². The van der Waals surface area contributed by atoms with E-state index in [1.54, 1.807) is 18.2 Å². The molecular weight excluding hydrogens is 398 g/mol. The van der Waals surface area contributed by atoms with Crippen LogP contribution in [-0.2, 0) is 13.2 Å². The van der Waals surface area contributed by atoms with Gasteiger partial charge in [-0.2, -0.15) is 0 Å². The van der Waals surface area contributed by atoms with E-state index in [4.69, 9.17) is 4.74 Å². The fourth-order valence-corrected chi connectivity index (χ4v) is 2.58. The number of ether oxygens (including phenoxy) is 1. The summed E-state index contributed by atoms with van der Waals surface area (Å²) in [6.45, 7) is -0.495. The number of para-hydroxylation sites is 1. The lowest BCUT2D eigenvalue weighted by Crippen LogP contribution is -2.04. The Morgan fingerprint density at radius 2 is 1.80 bits per heavy atom. The summed E-state index contributed by atoms with van der Waals surface area (Å²) in [5, 5.41) is 9.24. The maximum Gasteiger partial charge on any atom is 0.146 e. The first kappa shape index (κ1) is 15.4. The SMILES string of the molecule is OCc1cccc(Br)c1OCc1c(F)ccc(Br)c1F. The first-order valence-electron chi connectivity index (χ1n) is 5.68. The van der Waals surface area contributed by atoms with E-state index >= 15 is 0 Å². The van der Waals surface area contributed by atoms with E-state index in [2.05, 4.69) is 31.9 Å². The molecule has 2 nitrogen and oxygen atoms in total. The molecule has 0 aliphatic carbocycles. The molecule has 0 spiro atoms. The summed E-state index contributed by atoms with van der Waals surface area (Å²) in [5.41, 5.74) is 0.370. The molecule has 0 atom stereocenters. The van der Waals surface area contributed by atoms with Crippen LogP contribution in [0.3, 0.4) is 0 Å². The van der Waals surface area contributed by atoms with Crippen molar-refractivity contribution < 1.29 is 18.6 Å². The van der Waals surface area contributed by atoms with Crippen LogP contribution in [0.1, 0.15) is 11.1 Å². The zero-order valence-corrected chi connectivity index (χ0v) is 13.3. The average Bonchev–Trinajstić information content (AvgIpc) is 2.44. The van der Waals surface area contributed by atoms with Crippen LogP contribution in [0.15, 0.2) is 39.3 Å². The van der Waals surface area contributed by atoms with Crippen LogP contribution in [0.25, 0.3) is 0 Å². The maximum atomic E-state index is 13.8. The summed E-state index contributed by atoms with van der Waals surface area (Å²) in [6.07, 6.45) is 0. The molecule has 0 bridgehead atoms. The van der Waals surface area contributed by atoms with Crippen molar-refractivity contribution in [1.29, 1.82) is 0 Å². The van der Waals surface area contributed by atoms with E-state index < -0.39 is 11.6 Å². The van der Waals surface area contributed by atoms with Crippen molar-refractivity contribution in [2.24, 2.45) is 0 Å². The molecule has 106 valence electrons. The van der Waals surface area contributed by atoms with Crippen molar-refractivity contribution in [3.8, 4) is 5.75 Å². The van der Waals surface area contributed by atoms with Gasteiger partial charge < -0.3 is 9.84 Å². The smallest absolute Gasteiger partial charge is 0.146 e. The van der Waals surface area contributed by atoms with Crippen molar-refractivity contribution in [3.05, 3.63) is 62.0 Å². The number of aliphatic hydroxyl groups excluding tert-OH is 1. The first-order chi connectivity index (χ1) is 9.54. The fraction of sp³-hybridized carbons (Fsp3) is 0.143. The lowest BCUT2D eigenvalue weighted by molar-refractivity contribution is 0.254. The van der Waals surface area contributed by atoms with Crippen molar-refractivity contribution in [3.63, 3.8) is 0 Å². The molecule has 20 heavy (non-hydrogen) atoms.